The molecule has 4 heteroatoms. The smallest absolute Gasteiger partial charge is 0.0594 e. The Balaban J connectivity index is 1.50. The molecule has 1 N–H and O–H groups in total. The van der Waals surface area contributed by atoms with Crippen LogP contribution in [0, 0.1) is 0 Å². The second-order valence-corrected chi connectivity index (χ2v) is 5.25. The van der Waals surface area contributed by atoms with Gasteiger partial charge in [0, 0.05) is 38.8 Å². The Morgan fingerprint density at radius 2 is 1.82 bits per heavy atom. The first-order chi connectivity index (χ1) is 8.36. The molecule has 100 valence electrons. The molecule has 2 fully saturated rings. The molecule has 2 rings (SSSR count). The lowest BCUT2D eigenvalue weighted by atomic mass is 10.3. The monoisotopic (exact) mass is 241 g/mol. The fourth-order valence-corrected chi connectivity index (χ4v) is 2.68. The van der Waals surface area contributed by atoms with Crippen LogP contribution in [0.1, 0.15) is 19.8 Å². The first-order valence-electron chi connectivity index (χ1n) is 7.11. The lowest BCUT2D eigenvalue weighted by Crippen LogP contribution is -2.43. The zero-order chi connectivity index (χ0) is 11.9. The van der Waals surface area contributed by atoms with Crippen LogP contribution in [0.4, 0.5) is 0 Å². The van der Waals surface area contributed by atoms with Crippen molar-refractivity contribution in [3.8, 4) is 0 Å². The standard InChI is InChI=1S/C13H27N3O/c1-13(16-5-2-3-6-16)12-14-4-7-15-8-10-17-11-9-15/h13-14H,2-12H2,1H3. The van der Waals surface area contributed by atoms with Crippen molar-refractivity contribution in [1.82, 2.24) is 15.1 Å². The van der Waals surface area contributed by atoms with Crippen LogP contribution in [0.25, 0.3) is 0 Å². The van der Waals surface area contributed by atoms with Gasteiger partial charge in [0.05, 0.1) is 13.2 Å². The predicted molar refractivity (Wildman–Crippen MR) is 70.4 cm³/mol. The third-order valence-corrected chi connectivity index (χ3v) is 3.91. The summed E-state index contributed by atoms with van der Waals surface area (Å²) < 4.78 is 5.34. The molecule has 1 atom stereocenters. The summed E-state index contributed by atoms with van der Waals surface area (Å²) in [6.07, 6.45) is 2.77. The molecule has 0 radical (unpaired) electrons. The lowest BCUT2D eigenvalue weighted by Gasteiger charge is -2.28. The highest BCUT2D eigenvalue weighted by Gasteiger charge is 2.17. The maximum absolute atomic E-state index is 5.34. The number of nitrogens with one attached hydrogen (secondary N) is 1. The van der Waals surface area contributed by atoms with Gasteiger partial charge in [-0.1, -0.05) is 0 Å². The maximum atomic E-state index is 5.34. The Bertz CT molecular complexity index is 201. The van der Waals surface area contributed by atoms with E-state index in [1.54, 1.807) is 0 Å². The van der Waals surface area contributed by atoms with E-state index in [0.717, 1.165) is 45.9 Å². The first kappa shape index (κ1) is 13.3. The van der Waals surface area contributed by atoms with Crippen LogP contribution in [0.3, 0.4) is 0 Å². The van der Waals surface area contributed by atoms with Crippen LogP contribution in [0.5, 0.6) is 0 Å². The topological polar surface area (TPSA) is 27.7 Å². The second-order valence-electron chi connectivity index (χ2n) is 5.25. The van der Waals surface area contributed by atoms with E-state index in [0.29, 0.717) is 6.04 Å². The molecule has 2 aliphatic heterocycles. The van der Waals surface area contributed by atoms with Crippen LogP contribution < -0.4 is 5.32 Å². The molecule has 0 aliphatic carbocycles. The third-order valence-electron chi connectivity index (χ3n) is 3.91. The molecule has 0 saturated carbocycles. The fraction of sp³-hybridized carbons (Fsp3) is 1.00. The van der Waals surface area contributed by atoms with E-state index >= 15 is 0 Å². The van der Waals surface area contributed by atoms with Gasteiger partial charge in [-0.2, -0.15) is 0 Å². The number of nitrogens with zero attached hydrogens (tertiary/aromatic N) is 2. The summed E-state index contributed by atoms with van der Waals surface area (Å²) in [6, 6.07) is 0.696. The second kappa shape index (κ2) is 7.31. The van der Waals surface area contributed by atoms with Gasteiger partial charge in [-0.3, -0.25) is 9.80 Å². The molecule has 0 aromatic heterocycles. The molecule has 17 heavy (non-hydrogen) atoms. The van der Waals surface area contributed by atoms with E-state index < -0.39 is 0 Å². The van der Waals surface area contributed by atoms with Gasteiger partial charge >= 0.3 is 0 Å². The lowest BCUT2D eigenvalue weighted by molar-refractivity contribution is 0.0383. The Morgan fingerprint density at radius 3 is 2.53 bits per heavy atom. The van der Waals surface area contributed by atoms with Crippen molar-refractivity contribution < 1.29 is 4.74 Å². The summed E-state index contributed by atoms with van der Waals surface area (Å²) in [5.41, 5.74) is 0. The molecule has 0 spiro atoms. The molecular weight excluding hydrogens is 214 g/mol. The van der Waals surface area contributed by atoms with Crippen molar-refractivity contribution in [2.45, 2.75) is 25.8 Å². The number of ether oxygens (including phenoxy) is 1. The normalized spacial score (nSPS) is 25.2. The summed E-state index contributed by atoms with van der Waals surface area (Å²) in [7, 11) is 0. The Hall–Kier alpha value is -0.160. The number of hydrogen-bond donors (Lipinski definition) is 1. The van der Waals surface area contributed by atoms with Crippen LogP contribution >= 0.6 is 0 Å². The van der Waals surface area contributed by atoms with Crippen molar-refractivity contribution in [1.29, 1.82) is 0 Å². The third kappa shape index (κ3) is 4.54. The number of morpholine rings is 1. The maximum Gasteiger partial charge on any atom is 0.0594 e. The van der Waals surface area contributed by atoms with Crippen molar-refractivity contribution >= 4 is 0 Å². The number of likely N-dealkylation sites (tertiary alicyclic amines) is 1. The highest BCUT2D eigenvalue weighted by molar-refractivity contribution is 4.74. The minimum absolute atomic E-state index is 0.696. The molecule has 2 saturated heterocycles. The molecule has 4 nitrogen and oxygen atoms in total. The van der Waals surface area contributed by atoms with E-state index in [1.165, 1.54) is 25.9 Å². The number of hydrogen-bond acceptors (Lipinski definition) is 4. The molecule has 0 amide bonds. The summed E-state index contributed by atoms with van der Waals surface area (Å²) >= 11 is 0. The van der Waals surface area contributed by atoms with Crippen molar-refractivity contribution in [2.24, 2.45) is 0 Å². The van der Waals surface area contributed by atoms with Crippen LogP contribution in [-0.4, -0.2) is 74.9 Å². The molecule has 2 heterocycles. The van der Waals surface area contributed by atoms with Gasteiger partial charge < -0.3 is 10.1 Å². The largest absolute Gasteiger partial charge is 0.379 e. The summed E-state index contributed by atoms with van der Waals surface area (Å²) in [5, 5.41) is 3.59. The Morgan fingerprint density at radius 1 is 1.12 bits per heavy atom. The van der Waals surface area contributed by atoms with Crippen molar-refractivity contribution in [3.05, 3.63) is 0 Å². The molecular formula is C13H27N3O. The fourth-order valence-electron chi connectivity index (χ4n) is 2.68. The van der Waals surface area contributed by atoms with Gasteiger partial charge in [-0.25, -0.2) is 0 Å². The minimum atomic E-state index is 0.696. The average Bonchev–Trinajstić information content (AvgIpc) is 2.89. The quantitative estimate of drug-likeness (QED) is 0.681. The van der Waals surface area contributed by atoms with E-state index in [2.05, 4.69) is 22.0 Å². The molecule has 0 bridgehead atoms. The van der Waals surface area contributed by atoms with Gasteiger partial charge in [0.25, 0.3) is 0 Å². The van der Waals surface area contributed by atoms with Gasteiger partial charge in [-0.15, -0.1) is 0 Å². The predicted octanol–water partition coefficient (Wildman–Crippen LogP) is 0.393. The zero-order valence-corrected chi connectivity index (χ0v) is 11.2. The molecule has 2 aliphatic rings. The summed E-state index contributed by atoms with van der Waals surface area (Å²) in [6.45, 7) is 12.4. The van der Waals surface area contributed by atoms with Gasteiger partial charge in [-0.05, 0) is 32.9 Å². The van der Waals surface area contributed by atoms with E-state index in [-0.39, 0.29) is 0 Å². The van der Waals surface area contributed by atoms with Gasteiger partial charge in [0.15, 0.2) is 0 Å². The summed E-state index contributed by atoms with van der Waals surface area (Å²) in [4.78, 5) is 5.08. The van der Waals surface area contributed by atoms with Crippen molar-refractivity contribution in [3.63, 3.8) is 0 Å². The van der Waals surface area contributed by atoms with E-state index in [9.17, 15) is 0 Å². The Kier molecular flexibility index (Phi) is 5.71. The van der Waals surface area contributed by atoms with Gasteiger partial charge in [0.2, 0.25) is 0 Å². The molecule has 0 aromatic carbocycles. The average molecular weight is 241 g/mol. The van der Waals surface area contributed by atoms with E-state index in [4.69, 9.17) is 4.74 Å². The molecule has 1 unspecified atom stereocenters. The number of rotatable bonds is 6. The van der Waals surface area contributed by atoms with Crippen molar-refractivity contribution in [2.75, 3.05) is 59.0 Å². The minimum Gasteiger partial charge on any atom is -0.379 e. The first-order valence-corrected chi connectivity index (χ1v) is 7.11. The van der Waals surface area contributed by atoms with Crippen LogP contribution in [0.2, 0.25) is 0 Å². The van der Waals surface area contributed by atoms with Crippen LogP contribution in [0.15, 0.2) is 0 Å². The highest BCUT2D eigenvalue weighted by Crippen LogP contribution is 2.10. The summed E-state index contributed by atoms with van der Waals surface area (Å²) in [5.74, 6) is 0. The van der Waals surface area contributed by atoms with E-state index in [1.807, 2.05) is 0 Å². The zero-order valence-electron chi connectivity index (χ0n) is 11.2. The molecule has 0 aromatic rings. The SMILES string of the molecule is CC(CNCCN1CCOCC1)N1CCCC1. The van der Waals surface area contributed by atoms with Crippen LogP contribution in [-0.2, 0) is 4.74 Å². The Labute approximate surface area is 105 Å². The highest BCUT2D eigenvalue weighted by atomic mass is 16.5. The van der Waals surface area contributed by atoms with Gasteiger partial charge in [0.1, 0.15) is 0 Å².